The number of nitro groups is 1. The van der Waals surface area contributed by atoms with E-state index in [1.54, 1.807) is 26.1 Å². The van der Waals surface area contributed by atoms with Gasteiger partial charge in [0.2, 0.25) is 5.75 Å². The molecule has 0 spiro atoms. The van der Waals surface area contributed by atoms with Crippen LogP contribution in [0.4, 0.5) is 10.1 Å². The summed E-state index contributed by atoms with van der Waals surface area (Å²) < 4.78 is 18.9. The van der Waals surface area contributed by atoms with E-state index in [4.69, 9.17) is 4.74 Å². The normalized spacial score (nSPS) is 10.4. The van der Waals surface area contributed by atoms with Crippen LogP contribution in [0.2, 0.25) is 0 Å². The number of hydrogen-bond donors (Lipinski definition) is 1. The highest BCUT2D eigenvalue weighted by molar-refractivity contribution is 5.54. The predicted molar refractivity (Wildman–Crippen MR) is 77.1 cm³/mol. The summed E-state index contributed by atoms with van der Waals surface area (Å²) in [4.78, 5) is 10.7. The van der Waals surface area contributed by atoms with Crippen LogP contribution in [-0.4, -0.2) is 12.0 Å². The van der Waals surface area contributed by atoms with Gasteiger partial charge >= 0.3 is 5.69 Å². The topological polar surface area (TPSA) is 64.4 Å². The first-order valence-corrected chi connectivity index (χ1v) is 6.38. The van der Waals surface area contributed by atoms with Crippen LogP contribution in [0, 0.1) is 22.9 Å². The van der Waals surface area contributed by atoms with Gasteiger partial charge in [0.25, 0.3) is 0 Å². The summed E-state index contributed by atoms with van der Waals surface area (Å²) in [6, 6.07) is 8.92. The number of halogens is 1. The highest BCUT2D eigenvalue weighted by atomic mass is 19.1. The van der Waals surface area contributed by atoms with Crippen LogP contribution >= 0.6 is 0 Å². The third-order valence-corrected chi connectivity index (χ3v) is 2.99. The summed E-state index contributed by atoms with van der Waals surface area (Å²) in [6.07, 6.45) is 0. The Morgan fingerprint density at radius 2 is 2.05 bits per heavy atom. The monoisotopic (exact) mass is 290 g/mol. The van der Waals surface area contributed by atoms with Crippen LogP contribution in [-0.2, 0) is 6.54 Å². The number of aryl methyl sites for hydroxylation is 1. The maximum absolute atomic E-state index is 13.3. The molecular weight excluding hydrogens is 275 g/mol. The SMILES string of the molecule is CNCc1cc(F)ccc1Oc1cccc(C)c1[N+](=O)[O-]. The Kier molecular flexibility index (Phi) is 4.49. The number of benzene rings is 2. The molecular formula is C15H15FN2O3. The van der Waals surface area contributed by atoms with Crippen molar-refractivity contribution in [3.8, 4) is 11.5 Å². The first kappa shape index (κ1) is 14.9. The second-order valence-corrected chi connectivity index (χ2v) is 4.56. The zero-order valence-corrected chi connectivity index (χ0v) is 11.7. The summed E-state index contributed by atoms with van der Waals surface area (Å²) in [5.74, 6) is 0.148. The average Bonchev–Trinajstić information content (AvgIpc) is 2.42. The third kappa shape index (κ3) is 3.35. The summed E-state index contributed by atoms with van der Waals surface area (Å²) in [5, 5.41) is 14.1. The number of hydrogen-bond acceptors (Lipinski definition) is 4. The van der Waals surface area contributed by atoms with Gasteiger partial charge in [0, 0.05) is 17.7 Å². The van der Waals surface area contributed by atoms with Crippen LogP contribution in [0.15, 0.2) is 36.4 Å². The summed E-state index contributed by atoms with van der Waals surface area (Å²) in [5.41, 5.74) is 1.01. The Labute approximate surface area is 121 Å². The Morgan fingerprint density at radius 1 is 1.29 bits per heavy atom. The van der Waals surface area contributed by atoms with Gasteiger partial charge in [-0.15, -0.1) is 0 Å². The summed E-state index contributed by atoms with van der Waals surface area (Å²) in [6.45, 7) is 2.04. The Bertz CT molecular complexity index is 674. The van der Waals surface area contributed by atoms with Crippen molar-refractivity contribution in [3.05, 3.63) is 63.5 Å². The Hall–Kier alpha value is -2.47. The molecule has 0 aliphatic heterocycles. The molecule has 0 aliphatic rings. The number of nitrogens with zero attached hydrogens (tertiary/aromatic N) is 1. The van der Waals surface area contributed by atoms with E-state index in [1.807, 2.05) is 0 Å². The highest BCUT2D eigenvalue weighted by Crippen LogP contribution is 2.35. The van der Waals surface area contributed by atoms with E-state index in [9.17, 15) is 14.5 Å². The molecule has 110 valence electrons. The van der Waals surface area contributed by atoms with Gasteiger partial charge in [-0.2, -0.15) is 0 Å². The van der Waals surface area contributed by atoms with Crippen molar-refractivity contribution in [1.29, 1.82) is 0 Å². The molecule has 0 saturated heterocycles. The fraction of sp³-hybridized carbons (Fsp3) is 0.200. The molecule has 0 fully saturated rings. The molecule has 2 rings (SSSR count). The van der Waals surface area contributed by atoms with Crippen molar-refractivity contribution in [2.45, 2.75) is 13.5 Å². The highest BCUT2D eigenvalue weighted by Gasteiger charge is 2.19. The lowest BCUT2D eigenvalue weighted by molar-refractivity contribution is -0.386. The van der Waals surface area contributed by atoms with E-state index in [-0.39, 0.29) is 17.3 Å². The van der Waals surface area contributed by atoms with Crippen LogP contribution in [0.1, 0.15) is 11.1 Å². The van der Waals surface area contributed by atoms with Crippen molar-refractivity contribution >= 4 is 5.69 Å². The first-order chi connectivity index (χ1) is 10.0. The van der Waals surface area contributed by atoms with E-state index in [0.717, 1.165) is 0 Å². The Balaban J connectivity index is 2.43. The molecule has 0 heterocycles. The second-order valence-electron chi connectivity index (χ2n) is 4.56. The maximum atomic E-state index is 13.3. The first-order valence-electron chi connectivity index (χ1n) is 6.38. The number of rotatable bonds is 5. The van der Waals surface area contributed by atoms with E-state index < -0.39 is 4.92 Å². The lowest BCUT2D eigenvalue weighted by Crippen LogP contribution is -2.07. The minimum Gasteiger partial charge on any atom is -0.450 e. The van der Waals surface area contributed by atoms with Gasteiger partial charge in [-0.25, -0.2) is 4.39 Å². The lowest BCUT2D eigenvalue weighted by Gasteiger charge is -2.12. The van der Waals surface area contributed by atoms with Crippen molar-refractivity contribution in [1.82, 2.24) is 5.32 Å². The zero-order valence-electron chi connectivity index (χ0n) is 11.7. The van der Waals surface area contributed by atoms with Crippen molar-refractivity contribution < 1.29 is 14.1 Å². The minimum absolute atomic E-state index is 0.0859. The minimum atomic E-state index is -0.480. The van der Waals surface area contributed by atoms with Gasteiger partial charge < -0.3 is 10.1 Å². The predicted octanol–water partition coefficient (Wildman–Crippen LogP) is 3.55. The molecule has 1 N–H and O–H groups in total. The summed E-state index contributed by atoms with van der Waals surface area (Å²) in [7, 11) is 1.73. The molecule has 5 nitrogen and oxygen atoms in total. The van der Waals surface area contributed by atoms with Crippen LogP contribution in [0.25, 0.3) is 0 Å². The van der Waals surface area contributed by atoms with Gasteiger partial charge in [-0.3, -0.25) is 10.1 Å². The molecule has 0 amide bonds. The lowest BCUT2D eigenvalue weighted by atomic mass is 10.1. The van der Waals surface area contributed by atoms with E-state index in [2.05, 4.69) is 5.32 Å². The van der Waals surface area contributed by atoms with E-state index in [0.29, 0.717) is 23.4 Å². The maximum Gasteiger partial charge on any atom is 0.314 e. The summed E-state index contributed by atoms with van der Waals surface area (Å²) >= 11 is 0. The standard InChI is InChI=1S/C15H15FN2O3/c1-10-4-3-5-14(15(10)18(19)20)21-13-7-6-12(16)8-11(13)9-17-2/h3-8,17H,9H2,1-2H3. The fourth-order valence-electron chi connectivity index (χ4n) is 2.04. The molecule has 0 aliphatic carbocycles. The van der Waals surface area contributed by atoms with Crippen molar-refractivity contribution in [2.75, 3.05) is 7.05 Å². The molecule has 2 aromatic carbocycles. The van der Waals surface area contributed by atoms with E-state index in [1.165, 1.54) is 24.3 Å². The number of para-hydroxylation sites is 1. The van der Waals surface area contributed by atoms with Crippen molar-refractivity contribution in [3.63, 3.8) is 0 Å². The van der Waals surface area contributed by atoms with Crippen LogP contribution in [0.3, 0.4) is 0 Å². The van der Waals surface area contributed by atoms with E-state index >= 15 is 0 Å². The molecule has 0 unspecified atom stereocenters. The largest absolute Gasteiger partial charge is 0.450 e. The molecule has 6 heteroatoms. The number of nitrogens with one attached hydrogen (secondary N) is 1. The van der Waals surface area contributed by atoms with Gasteiger partial charge in [-0.05, 0) is 38.2 Å². The van der Waals surface area contributed by atoms with Crippen LogP contribution in [0.5, 0.6) is 11.5 Å². The quantitative estimate of drug-likeness (QED) is 0.675. The molecule has 2 aromatic rings. The molecule has 0 saturated carbocycles. The Morgan fingerprint density at radius 3 is 2.71 bits per heavy atom. The number of ether oxygens (including phenoxy) is 1. The van der Waals surface area contributed by atoms with Gasteiger partial charge in [-0.1, -0.05) is 12.1 Å². The van der Waals surface area contributed by atoms with Gasteiger partial charge in [0.15, 0.2) is 0 Å². The molecule has 0 aromatic heterocycles. The van der Waals surface area contributed by atoms with Crippen LogP contribution < -0.4 is 10.1 Å². The molecule has 0 bridgehead atoms. The second kappa shape index (κ2) is 6.32. The molecule has 0 atom stereocenters. The third-order valence-electron chi connectivity index (χ3n) is 2.99. The molecule has 21 heavy (non-hydrogen) atoms. The van der Waals surface area contributed by atoms with Gasteiger partial charge in [0.1, 0.15) is 11.6 Å². The smallest absolute Gasteiger partial charge is 0.314 e. The van der Waals surface area contributed by atoms with Gasteiger partial charge in [0.05, 0.1) is 4.92 Å². The van der Waals surface area contributed by atoms with Crippen molar-refractivity contribution in [2.24, 2.45) is 0 Å². The fourth-order valence-corrected chi connectivity index (χ4v) is 2.04. The zero-order chi connectivity index (χ0) is 15.4. The molecule has 0 radical (unpaired) electrons. The number of nitro benzene ring substituents is 1. The average molecular weight is 290 g/mol.